The van der Waals surface area contributed by atoms with Gasteiger partial charge < -0.3 is 24.7 Å². The van der Waals surface area contributed by atoms with Gasteiger partial charge in [0.25, 0.3) is 5.09 Å². The first kappa shape index (κ1) is 26.7. The van der Waals surface area contributed by atoms with E-state index >= 15 is 0 Å². The molecule has 1 aliphatic carbocycles. The monoisotopic (exact) mass is 483 g/mol. The number of carbonyl (C=O) groups excluding carboxylic acids is 1. The Kier molecular flexibility index (Phi) is 11.8. The minimum atomic E-state index is -0.757. The first-order valence-electron chi connectivity index (χ1n) is 11.0. The molecule has 0 radical (unpaired) electrons. The number of nitrogens with zero attached hydrogens (tertiary/aromatic N) is 2. The highest BCUT2D eigenvalue weighted by Gasteiger charge is 2.31. The van der Waals surface area contributed by atoms with Gasteiger partial charge in [-0.2, -0.15) is 0 Å². The number of hydrogen-bond acceptors (Lipinski definition) is 9. The molecular weight excluding hydrogens is 450 g/mol. The number of aliphatic hydroxyl groups excluding tert-OH is 1. The first-order valence-corrected chi connectivity index (χ1v) is 11.8. The smallest absolute Gasteiger partial charge is 0.294 e. The van der Waals surface area contributed by atoms with Gasteiger partial charge in [0, 0.05) is 26.6 Å². The van der Waals surface area contributed by atoms with Crippen LogP contribution in [0.5, 0.6) is 11.5 Å². The van der Waals surface area contributed by atoms with Crippen LogP contribution in [0, 0.1) is 10.1 Å². The Balaban J connectivity index is 1.73. The summed E-state index contributed by atoms with van der Waals surface area (Å²) < 4.78 is 12.8. The van der Waals surface area contributed by atoms with E-state index in [1.54, 1.807) is 22.5 Å². The van der Waals surface area contributed by atoms with Gasteiger partial charge in [0.2, 0.25) is 5.91 Å². The predicted octanol–water partition coefficient (Wildman–Crippen LogP) is 2.60. The fraction of sp³-hybridized carbons (Fsp3) is 0.591. The van der Waals surface area contributed by atoms with Crippen molar-refractivity contribution in [2.75, 3.05) is 32.8 Å². The lowest BCUT2D eigenvalue weighted by atomic mass is 9.97. The number of hydrogen-bond donors (Lipinski definition) is 2. The van der Waals surface area contributed by atoms with Crippen LogP contribution in [-0.4, -0.2) is 70.7 Å². The zero-order valence-corrected chi connectivity index (χ0v) is 19.7. The molecule has 1 saturated carbocycles. The molecule has 0 heterocycles. The summed E-state index contributed by atoms with van der Waals surface area (Å²) in [5, 5.41) is 23.2. The molecule has 0 aromatic heterocycles. The van der Waals surface area contributed by atoms with E-state index in [-0.39, 0.29) is 24.3 Å². The standard InChI is InChI=1S/C22H33N3O7S/c1-3-14-30-19-8-4-5-9-20(19)31-16-18(27)15-23-12-13-24(17(2)26)33-22-11-7-6-10-21(22)32-25(28)29/h3-5,8-9,18,21-23,27H,1,6-7,10-16H2,2H3. The van der Waals surface area contributed by atoms with Crippen molar-refractivity contribution in [3.63, 3.8) is 0 Å². The summed E-state index contributed by atoms with van der Waals surface area (Å²) in [5.74, 6) is 0.984. The second-order valence-electron chi connectivity index (χ2n) is 7.63. The third kappa shape index (κ3) is 9.89. The van der Waals surface area contributed by atoms with Crippen molar-refractivity contribution >= 4 is 17.9 Å². The zero-order chi connectivity index (χ0) is 24.1. The molecule has 0 saturated heterocycles. The van der Waals surface area contributed by atoms with Crippen LogP contribution >= 0.6 is 11.9 Å². The summed E-state index contributed by atoms with van der Waals surface area (Å²) in [7, 11) is 0. The third-order valence-electron chi connectivity index (χ3n) is 4.99. The first-order chi connectivity index (χ1) is 15.9. The highest BCUT2D eigenvalue weighted by molar-refractivity contribution is 7.98. The quantitative estimate of drug-likeness (QED) is 0.127. The lowest BCUT2D eigenvalue weighted by molar-refractivity contribution is -0.768. The van der Waals surface area contributed by atoms with E-state index in [4.69, 9.17) is 14.3 Å². The van der Waals surface area contributed by atoms with Gasteiger partial charge in [0.15, 0.2) is 11.5 Å². The second kappa shape index (κ2) is 14.6. The summed E-state index contributed by atoms with van der Waals surface area (Å²) in [4.78, 5) is 27.6. The summed E-state index contributed by atoms with van der Waals surface area (Å²) in [6.45, 7) is 6.65. The van der Waals surface area contributed by atoms with Gasteiger partial charge in [0.1, 0.15) is 25.4 Å². The number of carbonyl (C=O) groups is 1. The van der Waals surface area contributed by atoms with Crippen molar-refractivity contribution in [1.29, 1.82) is 0 Å². The molecular formula is C22H33N3O7S. The van der Waals surface area contributed by atoms with Crippen LogP contribution in [0.15, 0.2) is 36.9 Å². The maximum absolute atomic E-state index is 12.1. The van der Waals surface area contributed by atoms with E-state index in [1.807, 2.05) is 12.1 Å². The van der Waals surface area contributed by atoms with Crippen molar-refractivity contribution in [2.45, 2.75) is 50.1 Å². The molecule has 2 rings (SSSR count). The highest BCUT2D eigenvalue weighted by Crippen LogP contribution is 2.33. The molecule has 33 heavy (non-hydrogen) atoms. The summed E-state index contributed by atoms with van der Waals surface area (Å²) in [6.07, 6.45) is 3.57. The highest BCUT2D eigenvalue weighted by atomic mass is 32.2. The van der Waals surface area contributed by atoms with Crippen molar-refractivity contribution in [1.82, 2.24) is 9.62 Å². The molecule has 10 nitrogen and oxygen atoms in total. The number of aliphatic hydroxyl groups is 1. The number of benzene rings is 1. The topological polar surface area (TPSA) is 123 Å². The van der Waals surface area contributed by atoms with E-state index < -0.39 is 17.3 Å². The summed E-state index contributed by atoms with van der Waals surface area (Å²) in [6, 6.07) is 7.20. The van der Waals surface area contributed by atoms with Crippen molar-refractivity contribution in [3.05, 3.63) is 47.0 Å². The average Bonchev–Trinajstić information content (AvgIpc) is 2.79. The Morgan fingerprint density at radius 2 is 2.06 bits per heavy atom. The third-order valence-corrected chi connectivity index (χ3v) is 6.49. The number of rotatable bonds is 15. The normalized spacial score (nSPS) is 18.7. The number of amides is 1. The van der Waals surface area contributed by atoms with Crippen LogP contribution in [-0.2, 0) is 9.63 Å². The molecule has 1 aliphatic rings. The van der Waals surface area contributed by atoms with Crippen LogP contribution in [0.2, 0.25) is 0 Å². The van der Waals surface area contributed by atoms with Gasteiger partial charge in [-0.1, -0.05) is 37.6 Å². The molecule has 1 amide bonds. The maximum atomic E-state index is 12.1. The Morgan fingerprint density at radius 1 is 1.36 bits per heavy atom. The summed E-state index contributed by atoms with van der Waals surface area (Å²) in [5.41, 5.74) is 0. The van der Waals surface area contributed by atoms with E-state index in [1.165, 1.54) is 18.9 Å². The molecule has 0 spiro atoms. The predicted molar refractivity (Wildman–Crippen MR) is 126 cm³/mol. The molecule has 1 fully saturated rings. The zero-order valence-electron chi connectivity index (χ0n) is 18.9. The fourth-order valence-corrected chi connectivity index (χ4v) is 4.66. The van der Waals surface area contributed by atoms with Crippen LogP contribution < -0.4 is 14.8 Å². The molecule has 1 aromatic rings. The van der Waals surface area contributed by atoms with Crippen LogP contribution in [0.4, 0.5) is 0 Å². The molecule has 1 aromatic carbocycles. The Labute approximate surface area is 198 Å². The van der Waals surface area contributed by atoms with E-state index in [0.717, 1.165) is 19.3 Å². The molecule has 184 valence electrons. The van der Waals surface area contributed by atoms with E-state index in [9.17, 15) is 20.0 Å². The van der Waals surface area contributed by atoms with E-state index in [2.05, 4.69) is 11.9 Å². The van der Waals surface area contributed by atoms with Gasteiger partial charge in [-0.15, -0.1) is 10.1 Å². The minimum absolute atomic E-state index is 0.0780. The molecule has 0 aliphatic heterocycles. The van der Waals surface area contributed by atoms with Crippen molar-refractivity contribution in [2.24, 2.45) is 0 Å². The fourth-order valence-electron chi connectivity index (χ4n) is 3.39. The Bertz CT molecular complexity index is 767. The lowest BCUT2D eigenvalue weighted by Crippen LogP contribution is -2.39. The molecule has 2 N–H and O–H groups in total. The minimum Gasteiger partial charge on any atom is -0.487 e. The van der Waals surface area contributed by atoms with Gasteiger partial charge in [-0.3, -0.25) is 9.10 Å². The van der Waals surface area contributed by atoms with Crippen LogP contribution in [0.1, 0.15) is 32.6 Å². The van der Waals surface area contributed by atoms with Crippen LogP contribution in [0.3, 0.4) is 0 Å². The van der Waals surface area contributed by atoms with Crippen LogP contribution in [0.25, 0.3) is 0 Å². The average molecular weight is 484 g/mol. The SMILES string of the molecule is C=CCOc1ccccc1OCC(O)CNCCN(SC1CCCCC1O[N+](=O)[O-])C(C)=O. The van der Waals surface area contributed by atoms with Gasteiger partial charge in [0.05, 0.1) is 5.25 Å². The van der Waals surface area contributed by atoms with Gasteiger partial charge >= 0.3 is 0 Å². The van der Waals surface area contributed by atoms with Gasteiger partial charge in [-0.25, -0.2) is 0 Å². The maximum Gasteiger partial charge on any atom is 0.294 e. The lowest BCUT2D eigenvalue weighted by Gasteiger charge is -2.32. The number of nitrogens with one attached hydrogen (secondary N) is 1. The van der Waals surface area contributed by atoms with Crippen molar-refractivity contribution in [3.8, 4) is 11.5 Å². The van der Waals surface area contributed by atoms with E-state index in [0.29, 0.717) is 37.6 Å². The Hall–Kier alpha value is -2.50. The Morgan fingerprint density at radius 3 is 2.73 bits per heavy atom. The summed E-state index contributed by atoms with van der Waals surface area (Å²) >= 11 is 1.30. The molecule has 11 heteroatoms. The van der Waals surface area contributed by atoms with Gasteiger partial charge in [-0.05, 0) is 36.9 Å². The number of ether oxygens (including phenoxy) is 2. The molecule has 3 unspecified atom stereocenters. The van der Waals surface area contributed by atoms with Crippen molar-refractivity contribution < 1.29 is 29.3 Å². The molecule has 0 bridgehead atoms. The second-order valence-corrected chi connectivity index (χ2v) is 8.89. The molecule has 3 atom stereocenters. The number of para-hydroxylation sites is 2. The largest absolute Gasteiger partial charge is 0.487 e.